The molecule has 0 aliphatic heterocycles. The molecule has 1 aromatic heterocycles. The summed E-state index contributed by atoms with van der Waals surface area (Å²) in [5.74, 6) is -0.392. The predicted octanol–water partition coefficient (Wildman–Crippen LogP) is 3.36. The third kappa shape index (κ3) is 2.52. The zero-order valence-corrected chi connectivity index (χ0v) is 8.41. The molecular formula is C8H6ClF5N2. The van der Waals surface area contributed by atoms with Gasteiger partial charge in [-0.05, 0) is 11.6 Å². The van der Waals surface area contributed by atoms with E-state index >= 15 is 0 Å². The molecule has 0 aliphatic carbocycles. The van der Waals surface area contributed by atoms with Crippen LogP contribution in [-0.2, 0) is 12.1 Å². The number of nitrogens with zero attached hydrogens (tertiary/aromatic N) is 1. The predicted molar refractivity (Wildman–Crippen MR) is 48.2 cm³/mol. The standard InChI is InChI=1S/C8H6ClF5N2/c9-2-3-1-4(7(10)11)16-6(5(3)15)8(12,13)14/h1,7H,2,15H2. The zero-order valence-electron chi connectivity index (χ0n) is 7.65. The molecule has 2 nitrogen and oxygen atoms in total. The van der Waals surface area contributed by atoms with E-state index in [1.165, 1.54) is 0 Å². The number of hydrogen-bond acceptors (Lipinski definition) is 2. The average molecular weight is 261 g/mol. The summed E-state index contributed by atoms with van der Waals surface area (Å²) in [6.07, 6.45) is -7.99. The van der Waals surface area contributed by atoms with Crippen LogP contribution in [0.5, 0.6) is 0 Å². The molecule has 0 radical (unpaired) electrons. The first-order valence-corrected chi connectivity index (χ1v) is 4.51. The van der Waals surface area contributed by atoms with Gasteiger partial charge in [0.1, 0.15) is 5.69 Å². The van der Waals surface area contributed by atoms with Gasteiger partial charge in [-0.2, -0.15) is 13.2 Å². The number of nitrogen functional groups attached to an aromatic ring is 1. The largest absolute Gasteiger partial charge is 0.435 e. The van der Waals surface area contributed by atoms with Crippen LogP contribution in [0.15, 0.2) is 6.07 Å². The maximum atomic E-state index is 12.4. The molecule has 0 aromatic carbocycles. The lowest BCUT2D eigenvalue weighted by molar-refractivity contribution is -0.140. The fraction of sp³-hybridized carbons (Fsp3) is 0.375. The van der Waals surface area contributed by atoms with Gasteiger partial charge >= 0.3 is 6.18 Å². The molecular weight excluding hydrogens is 255 g/mol. The Morgan fingerprint density at radius 3 is 2.31 bits per heavy atom. The molecule has 1 rings (SSSR count). The quantitative estimate of drug-likeness (QED) is 0.654. The molecule has 0 bridgehead atoms. The number of pyridine rings is 1. The van der Waals surface area contributed by atoms with Crippen molar-refractivity contribution in [1.29, 1.82) is 0 Å². The van der Waals surface area contributed by atoms with Gasteiger partial charge in [-0.15, -0.1) is 11.6 Å². The number of hydrogen-bond donors (Lipinski definition) is 1. The van der Waals surface area contributed by atoms with Crippen molar-refractivity contribution < 1.29 is 22.0 Å². The van der Waals surface area contributed by atoms with Gasteiger partial charge in [0.25, 0.3) is 6.43 Å². The van der Waals surface area contributed by atoms with Crippen molar-refractivity contribution in [1.82, 2.24) is 4.98 Å². The zero-order chi connectivity index (χ0) is 12.5. The van der Waals surface area contributed by atoms with Crippen molar-refractivity contribution in [3.8, 4) is 0 Å². The van der Waals surface area contributed by atoms with Crippen LogP contribution in [0.2, 0.25) is 0 Å². The fourth-order valence-electron chi connectivity index (χ4n) is 1.07. The minimum absolute atomic E-state index is 0.209. The summed E-state index contributed by atoms with van der Waals surface area (Å²) in [5.41, 5.74) is 1.70. The van der Waals surface area contributed by atoms with Crippen LogP contribution in [0.1, 0.15) is 23.4 Å². The molecule has 2 N–H and O–H groups in total. The first-order valence-electron chi connectivity index (χ1n) is 3.98. The Hall–Kier alpha value is -1.11. The van der Waals surface area contributed by atoms with Crippen LogP contribution in [-0.4, -0.2) is 4.98 Å². The van der Waals surface area contributed by atoms with Crippen molar-refractivity contribution >= 4 is 17.3 Å². The third-order valence-electron chi connectivity index (χ3n) is 1.80. The maximum Gasteiger partial charge on any atom is 0.435 e. The van der Waals surface area contributed by atoms with Gasteiger partial charge in [0.2, 0.25) is 0 Å². The van der Waals surface area contributed by atoms with E-state index in [4.69, 9.17) is 17.3 Å². The normalized spacial score (nSPS) is 12.2. The maximum absolute atomic E-state index is 12.4. The Kier molecular flexibility index (Phi) is 3.57. The van der Waals surface area contributed by atoms with Gasteiger partial charge in [-0.25, -0.2) is 13.8 Å². The Morgan fingerprint density at radius 2 is 1.94 bits per heavy atom. The van der Waals surface area contributed by atoms with E-state index in [1.54, 1.807) is 0 Å². The second-order valence-corrected chi connectivity index (χ2v) is 3.17. The third-order valence-corrected chi connectivity index (χ3v) is 2.09. The molecule has 0 unspecified atom stereocenters. The average Bonchev–Trinajstić information content (AvgIpc) is 2.15. The van der Waals surface area contributed by atoms with E-state index in [2.05, 4.69) is 4.98 Å². The number of nitrogens with two attached hydrogens (primary N) is 1. The van der Waals surface area contributed by atoms with Crippen LogP contribution >= 0.6 is 11.6 Å². The highest BCUT2D eigenvalue weighted by atomic mass is 35.5. The monoisotopic (exact) mass is 260 g/mol. The summed E-state index contributed by atoms with van der Waals surface area (Å²) >= 11 is 5.31. The van der Waals surface area contributed by atoms with Crippen molar-refractivity contribution in [3.63, 3.8) is 0 Å². The van der Waals surface area contributed by atoms with Gasteiger partial charge in [0.05, 0.1) is 5.69 Å². The minimum atomic E-state index is -4.88. The number of anilines is 1. The molecule has 0 fully saturated rings. The van der Waals surface area contributed by atoms with Crippen LogP contribution in [0.25, 0.3) is 0 Å². The Balaban J connectivity index is 3.42. The highest BCUT2D eigenvalue weighted by Gasteiger charge is 2.37. The molecule has 1 heterocycles. The number of halogens is 6. The van der Waals surface area contributed by atoms with Gasteiger partial charge in [-0.3, -0.25) is 0 Å². The number of rotatable bonds is 2. The second-order valence-electron chi connectivity index (χ2n) is 2.90. The summed E-state index contributed by atoms with van der Waals surface area (Å²) in [7, 11) is 0. The molecule has 0 atom stereocenters. The van der Waals surface area contributed by atoms with E-state index in [9.17, 15) is 22.0 Å². The Labute approximate surface area is 92.2 Å². The highest BCUT2D eigenvalue weighted by Crippen LogP contribution is 2.35. The molecule has 0 aliphatic rings. The van der Waals surface area contributed by atoms with E-state index in [1.807, 2.05) is 0 Å². The lowest BCUT2D eigenvalue weighted by Crippen LogP contribution is -2.15. The van der Waals surface area contributed by atoms with Gasteiger partial charge in [0, 0.05) is 5.88 Å². The number of alkyl halides is 6. The van der Waals surface area contributed by atoms with E-state index in [0.29, 0.717) is 0 Å². The van der Waals surface area contributed by atoms with Crippen molar-refractivity contribution in [2.24, 2.45) is 0 Å². The molecule has 0 saturated carbocycles. The smallest absolute Gasteiger partial charge is 0.397 e. The molecule has 1 aromatic rings. The summed E-state index contributed by atoms with van der Waals surface area (Å²) in [6, 6.07) is 0.766. The van der Waals surface area contributed by atoms with Gasteiger partial charge in [0.15, 0.2) is 5.69 Å². The molecule has 16 heavy (non-hydrogen) atoms. The second kappa shape index (κ2) is 4.40. The summed E-state index contributed by atoms with van der Waals surface area (Å²) in [5, 5.41) is 0. The van der Waals surface area contributed by atoms with Crippen molar-refractivity contribution in [2.75, 3.05) is 5.73 Å². The summed E-state index contributed by atoms with van der Waals surface area (Å²) in [4.78, 5) is 2.79. The van der Waals surface area contributed by atoms with Crippen LogP contribution in [0.4, 0.5) is 27.6 Å². The molecule has 0 saturated heterocycles. The van der Waals surface area contributed by atoms with Gasteiger partial charge in [-0.1, -0.05) is 0 Å². The van der Waals surface area contributed by atoms with Crippen LogP contribution < -0.4 is 5.73 Å². The minimum Gasteiger partial charge on any atom is -0.397 e. The Morgan fingerprint density at radius 1 is 1.38 bits per heavy atom. The summed E-state index contributed by atoms with van der Waals surface area (Å²) < 4.78 is 61.7. The first kappa shape index (κ1) is 13.0. The molecule has 8 heteroatoms. The van der Waals surface area contributed by atoms with E-state index in [0.717, 1.165) is 6.07 Å². The van der Waals surface area contributed by atoms with E-state index in [-0.39, 0.29) is 5.56 Å². The van der Waals surface area contributed by atoms with Gasteiger partial charge < -0.3 is 5.73 Å². The highest BCUT2D eigenvalue weighted by molar-refractivity contribution is 6.17. The van der Waals surface area contributed by atoms with Crippen molar-refractivity contribution in [3.05, 3.63) is 23.0 Å². The molecule has 0 amide bonds. The first-order chi connectivity index (χ1) is 7.27. The fourth-order valence-corrected chi connectivity index (χ4v) is 1.29. The van der Waals surface area contributed by atoms with Crippen LogP contribution in [0.3, 0.4) is 0 Å². The lowest BCUT2D eigenvalue weighted by Gasteiger charge is -2.13. The topological polar surface area (TPSA) is 38.9 Å². The Bertz CT molecular complexity index is 391. The molecule has 0 spiro atoms. The SMILES string of the molecule is Nc1c(CCl)cc(C(F)F)nc1C(F)(F)F. The number of aromatic nitrogens is 1. The van der Waals surface area contributed by atoms with Crippen LogP contribution in [0, 0.1) is 0 Å². The molecule has 90 valence electrons. The van der Waals surface area contributed by atoms with Crippen molar-refractivity contribution in [2.45, 2.75) is 18.5 Å². The lowest BCUT2D eigenvalue weighted by atomic mass is 10.1. The van der Waals surface area contributed by atoms with E-state index < -0.39 is 35.6 Å². The summed E-state index contributed by atoms with van der Waals surface area (Å²) in [6.45, 7) is 0.